The molecular formula is C22H33N5O3. The molecule has 0 aliphatic carbocycles. The number of nitrogens with zero attached hydrogens (tertiary/aromatic N) is 4. The summed E-state index contributed by atoms with van der Waals surface area (Å²) in [6.07, 6.45) is 3.16. The van der Waals surface area contributed by atoms with Crippen molar-refractivity contribution in [3.63, 3.8) is 0 Å². The largest absolute Gasteiger partial charge is 0.450 e. The second kappa shape index (κ2) is 10.8. The lowest BCUT2D eigenvalue weighted by Gasteiger charge is -2.35. The van der Waals surface area contributed by atoms with Gasteiger partial charge in [0, 0.05) is 58.4 Å². The Hall–Kier alpha value is -2.77. The standard InChI is InChI=1S/C22H33N5O3/c1-3-30-22(29)27-15-13-26(14-16-27)21(23-2)24-17-18-7-9-19(10-8-18)20(28)25-11-5-4-6-12-25/h7-10H,3-6,11-17H2,1-2H3,(H,23,24). The van der Waals surface area contributed by atoms with Crippen molar-refractivity contribution in [2.24, 2.45) is 4.99 Å². The smallest absolute Gasteiger partial charge is 0.409 e. The summed E-state index contributed by atoms with van der Waals surface area (Å²) in [5.41, 5.74) is 1.84. The molecule has 0 saturated carbocycles. The number of ether oxygens (including phenoxy) is 1. The lowest BCUT2D eigenvalue weighted by atomic mass is 10.1. The van der Waals surface area contributed by atoms with Crippen LogP contribution in [-0.4, -0.2) is 85.6 Å². The van der Waals surface area contributed by atoms with E-state index < -0.39 is 0 Å². The minimum atomic E-state index is -0.251. The Kier molecular flexibility index (Phi) is 7.93. The zero-order valence-corrected chi connectivity index (χ0v) is 18.1. The van der Waals surface area contributed by atoms with Crippen LogP contribution in [0.5, 0.6) is 0 Å². The van der Waals surface area contributed by atoms with Crippen molar-refractivity contribution in [2.45, 2.75) is 32.7 Å². The molecule has 2 saturated heterocycles. The van der Waals surface area contributed by atoms with Gasteiger partial charge in [-0.15, -0.1) is 0 Å². The molecular weight excluding hydrogens is 382 g/mol. The minimum Gasteiger partial charge on any atom is -0.450 e. The van der Waals surface area contributed by atoms with Crippen molar-refractivity contribution < 1.29 is 14.3 Å². The Labute approximate surface area is 178 Å². The number of likely N-dealkylation sites (tertiary alicyclic amines) is 1. The zero-order valence-electron chi connectivity index (χ0n) is 18.1. The van der Waals surface area contributed by atoms with E-state index in [1.165, 1.54) is 6.42 Å². The molecule has 2 aliphatic heterocycles. The summed E-state index contributed by atoms with van der Waals surface area (Å²) < 4.78 is 5.07. The Morgan fingerprint density at radius 2 is 1.57 bits per heavy atom. The van der Waals surface area contributed by atoms with Gasteiger partial charge in [0.1, 0.15) is 0 Å². The quantitative estimate of drug-likeness (QED) is 0.602. The Morgan fingerprint density at radius 3 is 2.17 bits per heavy atom. The molecule has 0 atom stereocenters. The molecule has 0 spiro atoms. The van der Waals surface area contributed by atoms with Crippen LogP contribution in [0.2, 0.25) is 0 Å². The normalized spacial score (nSPS) is 17.7. The number of aliphatic imine (C=N–C) groups is 1. The lowest BCUT2D eigenvalue weighted by molar-refractivity contribution is 0.0724. The van der Waals surface area contributed by atoms with Crippen molar-refractivity contribution in [1.29, 1.82) is 0 Å². The van der Waals surface area contributed by atoms with Crippen molar-refractivity contribution in [3.8, 4) is 0 Å². The molecule has 3 rings (SSSR count). The third-order valence-corrected chi connectivity index (χ3v) is 5.61. The Balaban J connectivity index is 1.48. The van der Waals surface area contributed by atoms with Crippen LogP contribution in [0.3, 0.4) is 0 Å². The summed E-state index contributed by atoms with van der Waals surface area (Å²) >= 11 is 0. The monoisotopic (exact) mass is 415 g/mol. The first-order valence-corrected chi connectivity index (χ1v) is 10.9. The molecule has 0 aromatic heterocycles. The predicted molar refractivity (Wildman–Crippen MR) is 117 cm³/mol. The third-order valence-electron chi connectivity index (χ3n) is 5.61. The van der Waals surface area contributed by atoms with Gasteiger partial charge in [-0.05, 0) is 43.9 Å². The summed E-state index contributed by atoms with van der Waals surface area (Å²) in [5, 5.41) is 3.38. The molecule has 30 heavy (non-hydrogen) atoms. The van der Waals surface area contributed by atoms with Gasteiger partial charge in [0.05, 0.1) is 6.61 Å². The highest BCUT2D eigenvalue weighted by molar-refractivity contribution is 5.94. The SMILES string of the molecule is CCOC(=O)N1CCN(C(=NC)NCc2ccc(C(=O)N3CCCCC3)cc2)CC1. The second-order valence-corrected chi connectivity index (χ2v) is 7.62. The van der Waals surface area contributed by atoms with Gasteiger partial charge in [-0.25, -0.2) is 4.79 Å². The van der Waals surface area contributed by atoms with Crippen LogP contribution in [0.1, 0.15) is 42.1 Å². The molecule has 1 N–H and O–H groups in total. The van der Waals surface area contributed by atoms with Gasteiger partial charge in [-0.1, -0.05) is 12.1 Å². The summed E-state index contributed by atoms with van der Waals surface area (Å²) in [4.78, 5) is 34.6. The maximum atomic E-state index is 12.6. The summed E-state index contributed by atoms with van der Waals surface area (Å²) in [7, 11) is 1.76. The van der Waals surface area contributed by atoms with Crippen LogP contribution >= 0.6 is 0 Å². The van der Waals surface area contributed by atoms with E-state index >= 15 is 0 Å². The topological polar surface area (TPSA) is 77.5 Å². The minimum absolute atomic E-state index is 0.129. The van der Waals surface area contributed by atoms with E-state index in [4.69, 9.17) is 4.74 Å². The van der Waals surface area contributed by atoms with E-state index in [9.17, 15) is 9.59 Å². The van der Waals surface area contributed by atoms with Crippen molar-refractivity contribution in [3.05, 3.63) is 35.4 Å². The fourth-order valence-electron chi connectivity index (χ4n) is 3.87. The second-order valence-electron chi connectivity index (χ2n) is 7.62. The van der Waals surface area contributed by atoms with E-state index in [-0.39, 0.29) is 12.0 Å². The molecule has 1 aromatic carbocycles. The highest BCUT2D eigenvalue weighted by Crippen LogP contribution is 2.14. The molecule has 2 aliphatic rings. The molecule has 164 valence electrons. The molecule has 8 heteroatoms. The Bertz CT molecular complexity index is 736. The third kappa shape index (κ3) is 5.64. The number of rotatable bonds is 4. The maximum Gasteiger partial charge on any atom is 0.409 e. The molecule has 8 nitrogen and oxygen atoms in total. The first kappa shape index (κ1) is 21.9. The maximum absolute atomic E-state index is 12.6. The van der Waals surface area contributed by atoms with Gasteiger partial charge >= 0.3 is 6.09 Å². The molecule has 0 radical (unpaired) electrons. The number of carbonyl (C=O) groups is 2. The van der Waals surface area contributed by atoms with Gasteiger partial charge in [0.2, 0.25) is 0 Å². The first-order valence-electron chi connectivity index (χ1n) is 10.9. The first-order chi connectivity index (χ1) is 14.6. The average molecular weight is 416 g/mol. The average Bonchev–Trinajstić information content (AvgIpc) is 2.80. The summed E-state index contributed by atoms with van der Waals surface area (Å²) in [6, 6.07) is 7.82. The van der Waals surface area contributed by atoms with E-state index in [1.54, 1.807) is 11.9 Å². The predicted octanol–water partition coefficient (Wildman–Crippen LogP) is 2.16. The van der Waals surface area contributed by atoms with E-state index in [0.717, 1.165) is 43.0 Å². The number of hydrogen-bond donors (Lipinski definition) is 1. The van der Waals surface area contributed by atoms with Crippen LogP contribution in [-0.2, 0) is 11.3 Å². The summed E-state index contributed by atoms with van der Waals surface area (Å²) in [5.74, 6) is 0.941. The van der Waals surface area contributed by atoms with Gasteiger partial charge in [0.25, 0.3) is 5.91 Å². The van der Waals surface area contributed by atoms with E-state index in [0.29, 0.717) is 39.3 Å². The van der Waals surface area contributed by atoms with Crippen molar-refractivity contribution >= 4 is 18.0 Å². The number of nitrogens with one attached hydrogen (secondary N) is 1. The van der Waals surface area contributed by atoms with Gasteiger partial charge in [-0.3, -0.25) is 9.79 Å². The molecule has 0 unspecified atom stereocenters. The van der Waals surface area contributed by atoms with Crippen LogP contribution in [0.4, 0.5) is 4.79 Å². The van der Waals surface area contributed by atoms with E-state index in [1.807, 2.05) is 36.1 Å². The van der Waals surface area contributed by atoms with Crippen molar-refractivity contribution in [1.82, 2.24) is 20.0 Å². The molecule has 1 aromatic rings. The number of amides is 2. The molecule has 2 heterocycles. The highest BCUT2D eigenvalue weighted by Gasteiger charge is 2.23. The number of carbonyl (C=O) groups excluding carboxylic acids is 2. The van der Waals surface area contributed by atoms with Gasteiger partial charge in [0.15, 0.2) is 5.96 Å². The zero-order chi connectivity index (χ0) is 21.3. The van der Waals surface area contributed by atoms with E-state index in [2.05, 4.69) is 15.2 Å². The van der Waals surface area contributed by atoms with Crippen LogP contribution in [0.25, 0.3) is 0 Å². The molecule has 2 fully saturated rings. The number of guanidine groups is 1. The molecule has 2 amide bonds. The number of piperazine rings is 1. The highest BCUT2D eigenvalue weighted by atomic mass is 16.6. The lowest BCUT2D eigenvalue weighted by Crippen LogP contribution is -2.53. The summed E-state index contributed by atoms with van der Waals surface area (Å²) in [6.45, 7) is 7.22. The van der Waals surface area contributed by atoms with Gasteiger partial charge in [-0.2, -0.15) is 0 Å². The number of hydrogen-bond acceptors (Lipinski definition) is 4. The van der Waals surface area contributed by atoms with Crippen LogP contribution < -0.4 is 5.32 Å². The number of benzene rings is 1. The fourth-order valence-corrected chi connectivity index (χ4v) is 3.87. The van der Waals surface area contributed by atoms with Crippen molar-refractivity contribution in [2.75, 3.05) is 52.9 Å². The fraction of sp³-hybridized carbons (Fsp3) is 0.591. The Morgan fingerprint density at radius 1 is 0.933 bits per heavy atom. The number of piperidine rings is 1. The van der Waals surface area contributed by atoms with Crippen LogP contribution in [0, 0.1) is 0 Å². The molecule has 0 bridgehead atoms. The van der Waals surface area contributed by atoms with Crippen LogP contribution in [0.15, 0.2) is 29.3 Å². The van der Waals surface area contributed by atoms with Gasteiger partial charge < -0.3 is 24.8 Å².